The summed E-state index contributed by atoms with van der Waals surface area (Å²) in [6, 6.07) is 9.73. The second kappa shape index (κ2) is 7.80. The SMILES string of the molecule is COc1ccc(OC)c(C2(c3cnc(C)c(-c4cc(C)c(OC)cc4Cl)n3)CC2)c1. The third kappa shape index (κ3) is 3.37. The van der Waals surface area contributed by atoms with Gasteiger partial charge in [-0.3, -0.25) is 4.98 Å². The molecule has 2 aromatic carbocycles. The molecule has 1 heterocycles. The van der Waals surface area contributed by atoms with Gasteiger partial charge in [-0.25, -0.2) is 4.98 Å². The Kier molecular flexibility index (Phi) is 5.33. The lowest BCUT2D eigenvalue weighted by Crippen LogP contribution is -2.14. The predicted octanol–water partition coefficient (Wildman–Crippen LogP) is 5.52. The van der Waals surface area contributed by atoms with Gasteiger partial charge in [0.25, 0.3) is 0 Å². The van der Waals surface area contributed by atoms with Crippen LogP contribution in [0.15, 0.2) is 36.5 Å². The van der Waals surface area contributed by atoms with Crippen LogP contribution in [0.1, 0.15) is 35.4 Å². The maximum atomic E-state index is 6.59. The van der Waals surface area contributed by atoms with Crippen LogP contribution in [0.4, 0.5) is 0 Å². The molecule has 1 aromatic heterocycles. The summed E-state index contributed by atoms with van der Waals surface area (Å²) >= 11 is 6.59. The Hall–Kier alpha value is -2.79. The minimum Gasteiger partial charge on any atom is -0.497 e. The fourth-order valence-corrected chi connectivity index (χ4v) is 4.22. The fraction of sp³-hybridized carbons (Fsp3) is 0.333. The molecule has 3 aromatic rings. The largest absolute Gasteiger partial charge is 0.497 e. The molecule has 6 heteroatoms. The molecule has 0 saturated heterocycles. The number of aromatic nitrogens is 2. The molecule has 0 bridgehead atoms. The van der Waals surface area contributed by atoms with Crippen LogP contribution in [0.3, 0.4) is 0 Å². The molecule has 156 valence electrons. The summed E-state index contributed by atoms with van der Waals surface area (Å²) in [5, 5.41) is 0.593. The van der Waals surface area contributed by atoms with Crippen molar-refractivity contribution in [1.29, 1.82) is 0 Å². The highest BCUT2D eigenvalue weighted by Gasteiger charge is 2.49. The van der Waals surface area contributed by atoms with Gasteiger partial charge in [-0.1, -0.05) is 11.6 Å². The van der Waals surface area contributed by atoms with Crippen LogP contribution in [0.5, 0.6) is 17.2 Å². The molecule has 1 aliphatic carbocycles. The first-order chi connectivity index (χ1) is 14.4. The lowest BCUT2D eigenvalue weighted by molar-refractivity contribution is 0.395. The lowest BCUT2D eigenvalue weighted by Gasteiger charge is -2.20. The van der Waals surface area contributed by atoms with E-state index in [1.807, 2.05) is 50.4 Å². The van der Waals surface area contributed by atoms with E-state index in [0.29, 0.717) is 5.02 Å². The van der Waals surface area contributed by atoms with Crippen LogP contribution >= 0.6 is 11.6 Å². The molecule has 1 aliphatic rings. The third-order valence-electron chi connectivity index (χ3n) is 5.86. The van der Waals surface area contributed by atoms with Crippen molar-refractivity contribution in [3.63, 3.8) is 0 Å². The van der Waals surface area contributed by atoms with E-state index < -0.39 is 0 Å². The van der Waals surface area contributed by atoms with Crippen molar-refractivity contribution in [1.82, 2.24) is 9.97 Å². The fourth-order valence-electron chi connectivity index (χ4n) is 3.98. The van der Waals surface area contributed by atoms with Crippen molar-refractivity contribution >= 4 is 11.6 Å². The third-order valence-corrected chi connectivity index (χ3v) is 6.17. The molecule has 0 N–H and O–H groups in total. The van der Waals surface area contributed by atoms with Gasteiger partial charge in [-0.05, 0) is 62.6 Å². The molecule has 1 fully saturated rings. The highest BCUT2D eigenvalue weighted by molar-refractivity contribution is 6.33. The first kappa shape index (κ1) is 20.5. The molecule has 0 amide bonds. The Morgan fingerprint density at radius 3 is 2.30 bits per heavy atom. The molecule has 4 rings (SSSR count). The normalized spacial score (nSPS) is 14.3. The lowest BCUT2D eigenvalue weighted by atomic mass is 9.91. The van der Waals surface area contributed by atoms with Gasteiger partial charge in [0.05, 0.1) is 43.4 Å². The zero-order valence-electron chi connectivity index (χ0n) is 17.9. The van der Waals surface area contributed by atoms with Gasteiger partial charge in [0, 0.05) is 22.7 Å². The van der Waals surface area contributed by atoms with Gasteiger partial charge < -0.3 is 14.2 Å². The monoisotopic (exact) mass is 424 g/mol. The number of hydrogen-bond acceptors (Lipinski definition) is 5. The van der Waals surface area contributed by atoms with Gasteiger partial charge in [0.1, 0.15) is 17.2 Å². The molecule has 1 saturated carbocycles. The van der Waals surface area contributed by atoms with Crippen LogP contribution in [0.25, 0.3) is 11.3 Å². The highest BCUT2D eigenvalue weighted by Crippen LogP contribution is 2.56. The second-order valence-electron chi connectivity index (χ2n) is 7.64. The summed E-state index contributed by atoms with van der Waals surface area (Å²) in [6.07, 6.45) is 3.82. The Bertz CT molecular complexity index is 1110. The quantitative estimate of drug-likeness (QED) is 0.521. The first-order valence-electron chi connectivity index (χ1n) is 9.84. The van der Waals surface area contributed by atoms with E-state index in [1.165, 1.54) is 0 Å². The molecule has 0 atom stereocenters. The van der Waals surface area contributed by atoms with Crippen LogP contribution in [0, 0.1) is 13.8 Å². The average Bonchev–Trinajstić information content (AvgIpc) is 3.57. The smallest absolute Gasteiger partial charge is 0.123 e. The standard InChI is InChI=1S/C24H25ClN2O3/c1-14-10-17(19(25)12-21(14)30-5)23-15(2)26-13-22(27-23)24(8-9-24)18-11-16(28-3)6-7-20(18)29-4/h6-7,10-13H,8-9H2,1-5H3. The summed E-state index contributed by atoms with van der Waals surface area (Å²) < 4.78 is 16.5. The molecule has 0 radical (unpaired) electrons. The number of benzene rings is 2. The van der Waals surface area contributed by atoms with Gasteiger partial charge in [-0.15, -0.1) is 0 Å². The molecule has 5 nitrogen and oxygen atoms in total. The van der Waals surface area contributed by atoms with E-state index >= 15 is 0 Å². The maximum absolute atomic E-state index is 6.59. The summed E-state index contributed by atoms with van der Waals surface area (Å²) in [4.78, 5) is 9.73. The Labute approximate surface area is 182 Å². The number of hydrogen-bond donors (Lipinski definition) is 0. The average molecular weight is 425 g/mol. The maximum Gasteiger partial charge on any atom is 0.123 e. The number of nitrogens with zero attached hydrogens (tertiary/aromatic N) is 2. The van der Waals surface area contributed by atoms with Crippen LogP contribution < -0.4 is 14.2 Å². The molecule has 30 heavy (non-hydrogen) atoms. The topological polar surface area (TPSA) is 53.5 Å². The molecule has 0 unspecified atom stereocenters. The van der Waals surface area contributed by atoms with Crippen molar-refractivity contribution in [2.75, 3.05) is 21.3 Å². The Morgan fingerprint density at radius 1 is 0.933 bits per heavy atom. The Morgan fingerprint density at radius 2 is 1.67 bits per heavy atom. The minimum absolute atomic E-state index is 0.233. The first-order valence-corrected chi connectivity index (χ1v) is 10.2. The van der Waals surface area contributed by atoms with Crippen molar-refractivity contribution in [3.05, 3.63) is 64.1 Å². The van der Waals surface area contributed by atoms with Crippen molar-refractivity contribution < 1.29 is 14.2 Å². The van der Waals surface area contributed by atoms with Crippen molar-refractivity contribution in [3.8, 4) is 28.5 Å². The molecule has 0 aliphatic heterocycles. The summed E-state index contributed by atoms with van der Waals surface area (Å²) in [5.41, 5.74) is 5.23. The summed E-state index contributed by atoms with van der Waals surface area (Å²) in [6.45, 7) is 3.95. The Balaban J connectivity index is 1.85. The zero-order valence-corrected chi connectivity index (χ0v) is 18.6. The summed E-state index contributed by atoms with van der Waals surface area (Å²) in [5.74, 6) is 2.38. The van der Waals surface area contributed by atoms with E-state index in [4.69, 9.17) is 30.8 Å². The number of methoxy groups -OCH3 is 3. The molecular formula is C24H25ClN2O3. The van der Waals surface area contributed by atoms with E-state index in [9.17, 15) is 0 Å². The summed E-state index contributed by atoms with van der Waals surface area (Å²) in [7, 11) is 5.00. The number of aryl methyl sites for hydroxylation is 2. The number of ether oxygens (including phenoxy) is 3. The highest BCUT2D eigenvalue weighted by atomic mass is 35.5. The van der Waals surface area contributed by atoms with Crippen molar-refractivity contribution in [2.24, 2.45) is 0 Å². The van der Waals surface area contributed by atoms with Crippen LogP contribution in [-0.2, 0) is 5.41 Å². The van der Waals surface area contributed by atoms with Crippen molar-refractivity contribution in [2.45, 2.75) is 32.1 Å². The number of halogens is 1. The van der Waals surface area contributed by atoms with E-state index in [-0.39, 0.29) is 5.41 Å². The van der Waals surface area contributed by atoms with Gasteiger partial charge >= 0.3 is 0 Å². The zero-order chi connectivity index (χ0) is 21.5. The van der Waals surface area contributed by atoms with Crippen LogP contribution in [-0.4, -0.2) is 31.3 Å². The van der Waals surface area contributed by atoms with Gasteiger partial charge in [0.2, 0.25) is 0 Å². The van der Waals surface area contributed by atoms with E-state index in [1.54, 1.807) is 21.3 Å². The predicted molar refractivity (Wildman–Crippen MR) is 118 cm³/mol. The van der Waals surface area contributed by atoms with Gasteiger partial charge in [-0.2, -0.15) is 0 Å². The molecule has 0 spiro atoms. The minimum atomic E-state index is -0.233. The second-order valence-corrected chi connectivity index (χ2v) is 8.05. The van der Waals surface area contributed by atoms with E-state index in [2.05, 4.69) is 4.98 Å². The molecular weight excluding hydrogens is 400 g/mol. The van der Waals surface area contributed by atoms with E-state index in [0.717, 1.165) is 63.9 Å². The van der Waals surface area contributed by atoms with Crippen LogP contribution in [0.2, 0.25) is 5.02 Å². The number of rotatable bonds is 6. The van der Waals surface area contributed by atoms with Gasteiger partial charge in [0.15, 0.2) is 0 Å².